The summed E-state index contributed by atoms with van der Waals surface area (Å²) in [6, 6.07) is 4.01. The predicted molar refractivity (Wildman–Crippen MR) is 78.5 cm³/mol. The average molecular weight is 291 g/mol. The predicted octanol–water partition coefficient (Wildman–Crippen LogP) is 1.79. The molecule has 2 atom stereocenters. The normalized spacial score (nSPS) is 17.8. The lowest BCUT2D eigenvalue weighted by molar-refractivity contribution is -0.144. The number of carbonyl (C=O) groups excluding carboxylic acids is 1. The molecule has 0 aliphatic carbocycles. The van der Waals surface area contributed by atoms with Crippen LogP contribution in [0.5, 0.6) is 5.75 Å². The highest BCUT2D eigenvalue weighted by atomic mass is 16.5. The third-order valence-electron chi connectivity index (χ3n) is 3.97. The molecule has 0 fully saturated rings. The Bertz CT molecular complexity index is 551. The van der Waals surface area contributed by atoms with Crippen LogP contribution in [0.3, 0.4) is 0 Å². The number of likely N-dealkylation sites (N-methyl/N-ethyl adjacent to an activating group) is 1. The van der Waals surface area contributed by atoms with Crippen molar-refractivity contribution in [2.45, 2.75) is 33.3 Å². The molecule has 1 N–H and O–H groups in total. The first-order valence-corrected chi connectivity index (χ1v) is 7.04. The first kappa shape index (κ1) is 15.4. The minimum atomic E-state index is -0.906. The van der Waals surface area contributed by atoms with E-state index in [0.29, 0.717) is 6.42 Å². The van der Waals surface area contributed by atoms with Gasteiger partial charge in [-0.2, -0.15) is 0 Å². The number of hydrogen-bond donors (Lipinski definition) is 1. The second-order valence-corrected chi connectivity index (χ2v) is 5.81. The van der Waals surface area contributed by atoms with Gasteiger partial charge in [0.05, 0.1) is 5.92 Å². The SMILES string of the molecule is Cc1cc2c(cc1C)OC(C(=O)N(C)CC(C)C(=O)O)C2. The zero-order chi connectivity index (χ0) is 15.7. The van der Waals surface area contributed by atoms with Crippen molar-refractivity contribution in [1.29, 1.82) is 0 Å². The van der Waals surface area contributed by atoms with Crippen LogP contribution in [0.25, 0.3) is 0 Å². The topological polar surface area (TPSA) is 66.8 Å². The van der Waals surface area contributed by atoms with E-state index in [1.54, 1.807) is 14.0 Å². The summed E-state index contributed by atoms with van der Waals surface area (Å²) < 4.78 is 5.73. The van der Waals surface area contributed by atoms with E-state index in [0.717, 1.165) is 16.9 Å². The number of aliphatic carboxylic acids is 1. The van der Waals surface area contributed by atoms with Gasteiger partial charge in [-0.25, -0.2) is 0 Å². The molecule has 0 radical (unpaired) electrons. The molecule has 5 nitrogen and oxygen atoms in total. The standard InChI is InChI=1S/C16H21NO4/c1-9-5-12-7-14(21-13(12)6-10(9)2)15(18)17(4)8-11(3)16(19)20/h5-6,11,14H,7-8H2,1-4H3,(H,19,20). The molecule has 0 bridgehead atoms. The smallest absolute Gasteiger partial charge is 0.308 e. The highest BCUT2D eigenvalue weighted by Gasteiger charge is 2.32. The molecule has 0 saturated carbocycles. The summed E-state index contributed by atoms with van der Waals surface area (Å²) in [5.74, 6) is -0.908. The Morgan fingerprint density at radius 2 is 2.00 bits per heavy atom. The fourth-order valence-corrected chi connectivity index (χ4v) is 2.48. The Labute approximate surface area is 124 Å². The van der Waals surface area contributed by atoms with Crippen LogP contribution in [0.4, 0.5) is 0 Å². The molecule has 5 heteroatoms. The van der Waals surface area contributed by atoms with Crippen molar-refractivity contribution in [2.75, 3.05) is 13.6 Å². The number of aryl methyl sites for hydroxylation is 2. The van der Waals surface area contributed by atoms with E-state index in [1.165, 1.54) is 10.5 Å². The maximum Gasteiger partial charge on any atom is 0.308 e. The van der Waals surface area contributed by atoms with Crippen molar-refractivity contribution in [3.8, 4) is 5.75 Å². The largest absolute Gasteiger partial charge is 0.481 e. The summed E-state index contributed by atoms with van der Waals surface area (Å²) >= 11 is 0. The Kier molecular flexibility index (Phi) is 4.21. The molecule has 1 aromatic rings. The van der Waals surface area contributed by atoms with Crippen molar-refractivity contribution in [1.82, 2.24) is 4.90 Å². The molecule has 1 amide bonds. The van der Waals surface area contributed by atoms with Crippen molar-refractivity contribution < 1.29 is 19.4 Å². The minimum absolute atomic E-state index is 0.172. The van der Waals surface area contributed by atoms with Crippen LogP contribution in [-0.4, -0.2) is 41.6 Å². The summed E-state index contributed by atoms with van der Waals surface area (Å²) in [6.45, 7) is 5.81. The fraction of sp³-hybridized carbons (Fsp3) is 0.500. The van der Waals surface area contributed by atoms with E-state index in [4.69, 9.17) is 9.84 Å². The lowest BCUT2D eigenvalue weighted by atomic mass is 10.0. The van der Waals surface area contributed by atoms with E-state index in [2.05, 4.69) is 6.07 Å². The van der Waals surface area contributed by atoms with Gasteiger partial charge in [-0.15, -0.1) is 0 Å². The van der Waals surface area contributed by atoms with Gasteiger partial charge in [0.2, 0.25) is 0 Å². The van der Waals surface area contributed by atoms with Gasteiger partial charge in [0, 0.05) is 20.0 Å². The number of ether oxygens (including phenoxy) is 1. The van der Waals surface area contributed by atoms with E-state index < -0.39 is 18.0 Å². The minimum Gasteiger partial charge on any atom is -0.481 e. The van der Waals surface area contributed by atoms with Crippen LogP contribution >= 0.6 is 0 Å². The van der Waals surface area contributed by atoms with E-state index in [1.807, 2.05) is 19.9 Å². The van der Waals surface area contributed by atoms with Gasteiger partial charge < -0.3 is 14.7 Å². The molecule has 2 unspecified atom stereocenters. The highest BCUT2D eigenvalue weighted by Crippen LogP contribution is 2.32. The van der Waals surface area contributed by atoms with Crippen LogP contribution in [0.2, 0.25) is 0 Å². The van der Waals surface area contributed by atoms with Crippen molar-refractivity contribution in [2.24, 2.45) is 5.92 Å². The van der Waals surface area contributed by atoms with Gasteiger partial charge >= 0.3 is 5.97 Å². The highest BCUT2D eigenvalue weighted by molar-refractivity contribution is 5.83. The second kappa shape index (κ2) is 5.76. The summed E-state index contributed by atoms with van der Waals surface area (Å²) in [5.41, 5.74) is 3.35. The van der Waals surface area contributed by atoms with Gasteiger partial charge in [-0.05, 0) is 36.6 Å². The van der Waals surface area contributed by atoms with Crippen molar-refractivity contribution in [3.63, 3.8) is 0 Å². The molecule has 0 spiro atoms. The van der Waals surface area contributed by atoms with Crippen molar-refractivity contribution >= 4 is 11.9 Å². The number of carbonyl (C=O) groups is 2. The average Bonchev–Trinajstić information content (AvgIpc) is 2.80. The molecule has 2 rings (SSSR count). The first-order valence-electron chi connectivity index (χ1n) is 7.04. The lowest BCUT2D eigenvalue weighted by Crippen LogP contribution is -2.42. The number of hydrogen-bond acceptors (Lipinski definition) is 3. The van der Waals surface area contributed by atoms with Gasteiger partial charge in [-0.1, -0.05) is 13.0 Å². The number of rotatable bonds is 4. The monoisotopic (exact) mass is 291 g/mol. The quantitative estimate of drug-likeness (QED) is 0.918. The number of carboxylic acid groups (broad SMARTS) is 1. The molecule has 114 valence electrons. The van der Waals surface area contributed by atoms with Crippen LogP contribution in [0.15, 0.2) is 12.1 Å². The van der Waals surface area contributed by atoms with Gasteiger partial charge in [0.25, 0.3) is 5.91 Å². The summed E-state index contributed by atoms with van der Waals surface area (Å²) in [7, 11) is 1.62. The number of fused-ring (bicyclic) bond motifs is 1. The molecule has 21 heavy (non-hydrogen) atoms. The summed E-state index contributed by atoms with van der Waals surface area (Å²) in [6.07, 6.45) is -0.00616. The van der Waals surface area contributed by atoms with Crippen molar-refractivity contribution in [3.05, 3.63) is 28.8 Å². The van der Waals surface area contributed by atoms with Crippen LogP contribution in [0, 0.1) is 19.8 Å². The Morgan fingerprint density at radius 3 is 2.62 bits per heavy atom. The lowest BCUT2D eigenvalue weighted by Gasteiger charge is -2.22. The van der Waals surface area contributed by atoms with Gasteiger partial charge in [0.1, 0.15) is 5.75 Å². The third-order valence-corrected chi connectivity index (χ3v) is 3.97. The maximum atomic E-state index is 12.3. The molecular formula is C16H21NO4. The second-order valence-electron chi connectivity index (χ2n) is 5.81. The van der Waals surface area contributed by atoms with E-state index >= 15 is 0 Å². The number of nitrogens with zero attached hydrogens (tertiary/aromatic N) is 1. The third kappa shape index (κ3) is 3.17. The Hall–Kier alpha value is -2.04. The Morgan fingerprint density at radius 1 is 1.38 bits per heavy atom. The van der Waals surface area contributed by atoms with Crippen LogP contribution < -0.4 is 4.74 Å². The first-order chi connectivity index (χ1) is 9.79. The molecule has 1 heterocycles. The Balaban J connectivity index is 2.05. The zero-order valence-corrected chi connectivity index (χ0v) is 12.8. The molecule has 1 aliphatic heterocycles. The number of carboxylic acids is 1. The maximum absolute atomic E-state index is 12.3. The number of amides is 1. The molecule has 0 aromatic heterocycles. The van der Waals surface area contributed by atoms with Gasteiger partial charge in [0.15, 0.2) is 6.10 Å². The molecular weight excluding hydrogens is 270 g/mol. The van der Waals surface area contributed by atoms with Crippen LogP contribution in [-0.2, 0) is 16.0 Å². The van der Waals surface area contributed by atoms with E-state index in [-0.39, 0.29) is 12.5 Å². The summed E-state index contributed by atoms with van der Waals surface area (Å²) in [4.78, 5) is 24.7. The molecule has 1 aromatic carbocycles. The van der Waals surface area contributed by atoms with Crippen LogP contribution in [0.1, 0.15) is 23.6 Å². The number of benzene rings is 1. The van der Waals surface area contributed by atoms with Gasteiger partial charge in [-0.3, -0.25) is 9.59 Å². The summed E-state index contributed by atoms with van der Waals surface area (Å²) in [5, 5.41) is 8.91. The molecule has 1 aliphatic rings. The van der Waals surface area contributed by atoms with E-state index in [9.17, 15) is 9.59 Å². The zero-order valence-electron chi connectivity index (χ0n) is 12.8. The molecule has 0 saturated heterocycles. The fourth-order valence-electron chi connectivity index (χ4n) is 2.48.